The molecule has 0 bridgehead atoms. The molecule has 1 heterocycles. The molecule has 0 fully saturated rings. The molecule has 5 nitrogen and oxygen atoms in total. The number of carbonyl (C=O) groups excluding carboxylic acids is 2. The number of nitrogens with zero attached hydrogens (tertiary/aromatic N) is 2. The summed E-state index contributed by atoms with van der Waals surface area (Å²) in [6.07, 6.45) is 0. The zero-order valence-electron chi connectivity index (χ0n) is 12.1. The fraction of sp³-hybridized carbons (Fsp3) is 0.118. The van der Waals surface area contributed by atoms with Gasteiger partial charge in [-0.3, -0.25) is 14.6 Å². The predicted octanol–water partition coefficient (Wildman–Crippen LogP) is 1.35. The van der Waals surface area contributed by atoms with E-state index in [9.17, 15) is 9.59 Å². The number of fused-ring (bicyclic) bond motifs is 1. The molecule has 2 aromatic carbocycles. The van der Waals surface area contributed by atoms with Crippen LogP contribution in [-0.4, -0.2) is 30.6 Å². The van der Waals surface area contributed by atoms with Gasteiger partial charge in [-0.15, -0.1) is 0 Å². The Bertz CT molecular complexity index is 768. The lowest BCUT2D eigenvalue weighted by molar-refractivity contribution is -0.127. The van der Waals surface area contributed by atoms with Crippen LogP contribution in [0.1, 0.15) is 11.1 Å². The minimum absolute atomic E-state index is 0.425. The molecule has 0 aromatic heterocycles. The lowest BCUT2D eigenvalue weighted by Gasteiger charge is -2.19. The van der Waals surface area contributed by atoms with Crippen molar-refractivity contribution >= 4 is 23.2 Å². The number of aliphatic imine (C=N–C) groups is 1. The first-order valence-corrected chi connectivity index (χ1v) is 6.89. The smallest absolute Gasteiger partial charge is 0.261 e. The van der Waals surface area contributed by atoms with E-state index in [-0.39, 0.29) is 0 Å². The van der Waals surface area contributed by atoms with E-state index in [0.717, 1.165) is 11.1 Å². The van der Waals surface area contributed by atoms with Gasteiger partial charge in [0.2, 0.25) is 6.04 Å². The van der Waals surface area contributed by atoms with Gasteiger partial charge in [0.1, 0.15) is 0 Å². The Hall–Kier alpha value is -2.95. The van der Waals surface area contributed by atoms with Gasteiger partial charge >= 0.3 is 0 Å². The van der Waals surface area contributed by atoms with Gasteiger partial charge in [-0.1, -0.05) is 48.5 Å². The van der Waals surface area contributed by atoms with Crippen molar-refractivity contribution in [3.8, 4) is 0 Å². The highest BCUT2D eigenvalue weighted by atomic mass is 16.2. The van der Waals surface area contributed by atoms with Crippen LogP contribution in [0.4, 0.5) is 5.69 Å². The van der Waals surface area contributed by atoms with E-state index >= 15 is 0 Å². The molecule has 0 saturated heterocycles. The van der Waals surface area contributed by atoms with Crippen molar-refractivity contribution in [3.05, 3.63) is 65.7 Å². The zero-order chi connectivity index (χ0) is 15.7. The van der Waals surface area contributed by atoms with E-state index in [1.807, 2.05) is 54.6 Å². The summed E-state index contributed by atoms with van der Waals surface area (Å²) >= 11 is 0. The normalized spacial score (nSPS) is 17.5. The maximum absolute atomic E-state index is 12.4. The van der Waals surface area contributed by atoms with E-state index in [1.165, 1.54) is 4.90 Å². The highest BCUT2D eigenvalue weighted by Gasteiger charge is 2.33. The fourth-order valence-corrected chi connectivity index (χ4v) is 2.53. The third-order valence-electron chi connectivity index (χ3n) is 3.66. The van der Waals surface area contributed by atoms with Crippen LogP contribution >= 0.6 is 0 Å². The summed E-state index contributed by atoms with van der Waals surface area (Å²) in [7, 11) is 1.63. The molecule has 1 aliphatic rings. The van der Waals surface area contributed by atoms with Gasteiger partial charge in [0.25, 0.3) is 11.8 Å². The third kappa shape index (κ3) is 2.26. The first kappa shape index (κ1) is 14.0. The number of anilines is 1. The molecule has 22 heavy (non-hydrogen) atoms. The van der Waals surface area contributed by atoms with E-state index in [2.05, 4.69) is 4.99 Å². The summed E-state index contributed by atoms with van der Waals surface area (Å²) in [6, 6.07) is 15.7. The summed E-state index contributed by atoms with van der Waals surface area (Å²) in [5, 5.41) is 0. The molecule has 2 amide bonds. The number of benzodiazepines with no additional fused rings is 1. The Morgan fingerprint density at radius 3 is 2.41 bits per heavy atom. The monoisotopic (exact) mass is 293 g/mol. The van der Waals surface area contributed by atoms with Crippen LogP contribution in [0.25, 0.3) is 0 Å². The van der Waals surface area contributed by atoms with Crippen molar-refractivity contribution in [2.75, 3.05) is 11.9 Å². The molecule has 1 aliphatic heterocycles. The average molecular weight is 293 g/mol. The molecular weight excluding hydrogens is 278 g/mol. The second kappa shape index (κ2) is 5.44. The number of nitrogens with two attached hydrogens (primary N) is 1. The number of carbonyl (C=O) groups is 2. The van der Waals surface area contributed by atoms with Gasteiger partial charge in [0.05, 0.1) is 11.4 Å². The number of amides is 2. The van der Waals surface area contributed by atoms with E-state index in [0.29, 0.717) is 11.4 Å². The van der Waals surface area contributed by atoms with Gasteiger partial charge in [0, 0.05) is 18.2 Å². The highest BCUT2D eigenvalue weighted by molar-refractivity contribution is 6.23. The Labute approximate surface area is 128 Å². The predicted molar refractivity (Wildman–Crippen MR) is 84.9 cm³/mol. The van der Waals surface area contributed by atoms with E-state index < -0.39 is 17.9 Å². The summed E-state index contributed by atoms with van der Waals surface area (Å²) in [5.74, 6) is -1.18. The molecule has 0 aliphatic carbocycles. The zero-order valence-corrected chi connectivity index (χ0v) is 12.1. The van der Waals surface area contributed by atoms with Crippen molar-refractivity contribution in [2.24, 2.45) is 10.7 Å². The first-order chi connectivity index (χ1) is 10.6. The minimum atomic E-state index is -1.22. The summed E-state index contributed by atoms with van der Waals surface area (Å²) in [4.78, 5) is 29.9. The van der Waals surface area contributed by atoms with E-state index in [4.69, 9.17) is 5.73 Å². The number of primary amides is 1. The van der Waals surface area contributed by atoms with Crippen LogP contribution in [0.2, 0.25) is 0 Å². The van der Waals surface area contributed by atoms with Crippen molar-refractivity contribution in [1.29, 1.82) is 0 Å². The highest BCUT2D eigenvalue weighted by Crippen LogP contribution is 2.27. The molecule has 0 spiro atoms. The molecule has 2 aromatic rings. The maximum atomic E-state index is 12.4. The van der Waals surface area contributed by atoms with Crippen molar-refractivity contribution < 1.29 is 9.59 Å². The van der Waals surface area contributed by atoms with Gasteiger partial charge in [-0.05, 0) is 6.07 Å². The van der Waals surface area contributed by atoms with Crippen LogP contribution in [0, 0.1) is 0 Å². The maximum Gasteiger partial charge on any atom is 0.261 e. The molecule has 0 radical (unpaired) electrons. The van der Waals surface area contributed by atoms with Crippen LogP contribution in [-0.2, 0) is 9.59 Å². The lowest BCUT2D eigenvalue weighted by Crippen LogP contribution is -2.42. The van der Waals surface area contributed by atoms with Crippen LogP contribution in [0.5, 0.6) is 0 Å². The van der Waals surface area contributed by atoms with Crippen LogP contribution < -0.4 is 10.6 Å². The van der Waals surface area contributed by atoms with Gasteiger partial charge in [-0.25, -0.2) is 0 Å². The molecule has 1 unspecified atom stereocenters. The molecule has 2 N–H and O–H groups in total. The molecule has 110 valence electrons. The van der Waals surface area contributed by atoms with Gasteiger partial charge < -0.3 is 10.6 Å². The van der Waals surface area contributed by atoms with Crippen LogP contribution in [0.3, 0.4) is 0 Å². The minimum Gasteiger partial charge on any atom is -0.367 e. The number of para-hydroxylation sites is 1. The quantitative estimate of drug-likeness (QED) is 0.849. The van der Waals surface area contributed by atoms with Crippen molar-refractivity contribution in [1.82, 2.24) is 0 Å². The number of benzene rings is 2. The standard InChI is InChI=1S/C17H15N3O2/c1-20-13-10-6-5-9-12(13)14(11-7-3-2-4-8-11)19-15(16(18)21)17(20)22/h2-10,15H,1H3,(H2,18,21). The summed E-state index contributed by atoms with van der Waals surface area (Å²) < 4.78 is 0. The second-order valence-corrected chi connectivity index (χ2v) is 5.06. The largest absolute Gasteiger partial charge is 0.367 e. The van der Waals surface area contributed by atoms with Crippen molar-refractivity contribution in [2.45, 2.75) is 6.04 Å². The summed E-state index contributed by atoms with van der Waals surface area (Å²) in [6.45, 7) is 0. The molecule has 5 heteroatoms. The Morgan fingerprint density at radius 1 is 1.09 bits per heavy atom. The van der Waals surface area contributed by atoms with Gasteiger partial charge in [-0.2, -0.15) is 0 Å². The molecule has 0 saturated carbocycles. The number of rotatable bonds is 2. The average Bonchev–Trinajstić information content (AvgIpc) is 2.65. The van der Waals surface area contributed by atoms with Crippen LogP contribution in [0.15, 0.2) is 59.6 Å². The third-order valence-corrected chi connectivity index (χ3v) is 3.66. The van der Waals surface area contributed by atoms with Crippen molar-refractivity contribution in [3.63, 3.8) is 0 Å². The molecule has 1 atom stereocenters. The lowest BCUT2D eigenvalue weighted by atomic mass is 10.0. The fourth-order valence-electron chi connectivity index (χ4n) is 2.53. The first-order valence-electron chi connectivity index (χ1n) is 6.89. The SMILES string of the molecule is CN1C(=O)C(C(N)=O)N=C(c2ccccc2)c2ccccc21. The Morgan fingerprint density at radius 2 is 1.73 bits per heavy atom. The van der Waals surface area contributed by atoms with E-state index in [1.54, 1.807) is 7.05 Å². The van der Waals surface area contributed by atoms with Gasteiger partial charge in [0.15, 0.2) is 0 Å². The number of hydrogen-bond donors (Lipinski definition) is 1. The molecule has 3 rings (SSSR count). The second-order valence-electron chi connectivity index (χ2n) is 5.06. The number of likely N-dealkylation sites (N-methyl/N-ethyl adjacent to an activating group) is 1. The molecular formula is C17H15N3O2. The Kier molecular flexibility index (Phi) is 3.47. The Balaban J connectivity index is 2.27. The topological polar surface area (TPSA) is 75.8 Å². The summed E-state index contributed by atoms with van der Waals surface area (Å²) in [5.41, 5.74) is 8.31. The number of hydrogen-bond acceptors (Lipinski definition) is 3.